The molecule has 1 amide bonds. The highest BCUT2D eigenvalue weighted by molar-refractivity contribution is 7.17. The van der Waals surface area contributed by atoms with Crippen molar-refractivity contribution in [3.05, 3.63) is 118 Å². The molecule has 1 unspecified atom stereocenters. The fraction of sp³-hybridized carbons (Fsp3) is 0.161. The van der Waals surface area contributed by atoms with Crippen LogP contribution in [0.15, 0.2) is 96.3 Å². The molecule has 1 aliphatic heterocycles. The first-order valence-corrected chi connectivity index (χ1v) is 13.3. The molecule has 3 aromatic carbocycles. The molecule has 8 heteroatoms. The Balaban J connectivity index is 1.53. The first-order chi connectivity index (χ1) is 18.9. The van der Waals surface area contributed by atoms with Gasteiger partial charge in [-0.25, -0.2) is 4.98 Å². The number of Topliss-reactive ketones (excluding diaryl/α,β-unsaturated/α-hetero) is 1. The minimum absolute atomic E-state index is 0.00756. The Morgan fingerprint density at radius 3 is 2.26 bits per heavy atom. The second kappa shape index (κ2) is 11.0. The summed E-state index contributed by atoms with van der Waals surface area (Å²) in [6.07, 6.45) is 0.103. The summed E-state index contributed by atoms with van der Waals surface area (Å²) in [6, 6.07) is 24.7. The zero-order valence-corrected chi connectivity index (χ0v) is 22.3. The number of rotatable bonds is 8. The summed E-state index contributed by atoms with van der Waals surface area (Å²) in [6.45, 7) is 3.80. The van der Waals surface area contributed by atoms with E-state index in [0.29, 0.717) is 33.4 Å². The normalized spacial score (nSPS) is 15.1. The number of carbonyl (C=O) groups excluding carboxylic acids is 3. The van der Waals surface area contributed by atoms with Gasteiger partial charge in [0.2, 0.25) is 5.78 Å². The van der Waals surface area contributed by atoms with Crippen molar-refractivity contribution in [1.82, 2.24) is 4.98 Å². The summed E-state index contributed by atoms with van der Waals surface area (Å²) in [5.41, 5.74) is 3.32. The van der Waals surface area contributed by atoms with E-state index in [1.807, 2.05) is 60.7 Å². The van der Waals surface area contributed by atoms with Crippen molar-refractivity contribution in [1.29, 1.82) is 0 Å². The number of esters is 1. The van der Waals surface area contributed by atoms with Gasteiger partial charge in [-0.3, -0.25) is 19.3 Å². The van der Waals surface area contributed by atoms with E-state index < -0.39 is 23.5 Å². The Bertz CT molecular complexity index is 1560. The molecule has 7 nitrogen and oxygen atoms in total. The second-order valence-corrected chi connectivity index (χ2v) is 10.0. The van der Waals surface area contributed by atoms with E-state index in [4.69, 9.17) is 4.74 Å². The SMILES string of the molecule is CCOC(=O)Cc1ccc(N2C(=O)C(O)=C(C(=O)c3sc(-c4ccccc4)nc3C)C2c2ccccc2)cc1. The number of benzene rings is 3. The zero-order valence-electron chi connectivity index (χ0n) is 21.5. The van der Waals surface area contributed by atoms with Crippen LogP contribution in [0.2, 0.25) is 0 Å². The predicted octanol–water partition coefficient (Wildman–Crippen LogP) is 6.01. The van der Waals surface area contributed by atoms with E-state index in [2.05, 4.69) is 4.98 Å². The molecule has 5 rings (SSSR count). The zero-order chi connectivity index (χ0) is 27.5. The molecule has 1 aliphatic rings. The van der Waals surface area contributed by atoms with Gasteiger partial charge in [0.15, 0.2) is 5.76 Å². The smallest absolute Gasteiger partial charge is 0.310 e. The number of thiazole rings is 1. The molecule has 0 bridgehead atoms. The minimum atomic E-state index is -0.844. The van der Waals surface area contributed by atoms with E-state index in [1.165, 1.54) is 16.2 Å². The highest BCUT2D eigenvalue weighted by atomic mass is 32.1. The van der Waals surface area contributed by atoms with E-state index >= 15 is 0 Å². The van der Waals surface area contributed by atoms with Crippen LogP contribution in [-0.2, 0) is 20.7 Å². The third kappa shape index (κ3) is 5.11. The van der Waals surface area contributed by atoms with Gasteiger partial charge in [-0.2, -0.15) is 0 Å². The molecule has 0 saturated carbocycles. The summed E-state index contributed by atoms with van der Waals surface area (Å²) in [5, 5.41) is 11.8. The van der Waals surface area contributed by atoms with Crippen molar-refractivity contribution >= 4 is 34.7 Å². The molecule has 1 N–H and O–H groups in total. The summed E-state index contributed by atoms with van der Waals surface area (Å²) in [5.74, 6) is -2.03. The number of aliphatic hydroxyl groups excluding tert-OH is 1. The number of anilines is 1. The molecule has 1 aromatic heterocycles. The van der Waals surface area contributed by atoms with Gasteiger partial charge in [-0.05, 0) is 37.1 Å². The van der Waals surface area contributed by atoms with Crippen LogP contribution in [0.1, 0.15) is 39.5 Å². The average molecular weight is 539 g/mol. The maximum atomic E-state index is 14.0. The van der Waals surface area contributed by atoms with Crippen molar-refractivity contribution in [3.63, 3.8) is 0 Å². The summed E-state index contributed by atoms with van der Waals surface area (Å²) in [7, 11) is 0. The van der Waals surface area contributed by atoms with Crippen molar-refractivity contribution in [2.24, 2.45) is 0 Å². The lowest BCUT2D eigenvalue weighted by molar-refractivity contribution is -0.142. The maximum Gasteiger partial charge on any atom is 0.310 e. The van der Waals surface area contributed by atoms with Gasteiger partial charge in [-0.15, -0.1) is 11.3 Å². The molecule has 2 heterocycles. The number of hydrogen-bond donors (Lipinski definition) is 1. The van der Waals surface area contributed by atoms with E-state index in [1.54, 1.807) is 38.1 Å². The molecule has 1 atom stereocenters. The standard InChI is InChI=1S/C31H26N2O5S/c1-3-38-24(34)18-20-14-16-23(17-15-20)33-26(21-10-6-4-7-11-21)25(28(36)31(33)37)27(35)29-19(2)32-30(39-29)22-12-8-5-9-13-22/h4-17,26,36H,3,18H2,1-2H3. The van der Waals surface area contributed by atoms with Gasteiger partial charge in [0, 0.05) is 11.3 Å². The molecular weight excluding hydrogens is 512 g/mol. The van der Waals surface area contributed by atoms with Crippen LogP contribution in [0, 0.1) is 6.92 Å². The van der Waals surface area contributed by atoms with Crippen LogP contribution in [0.5, 0.6) is 0 Å². The number of aliphatic hydroxyl groups is 1. The van der Waals surface area contributed by atoms with E-state index in [-0.39, 0.29) is 18.0 Å². The number of ketones is 1. The van der Waals surface area contributed by atoms with Gasteiger partial charge in [-0.1, -0.05) is 72.8 Å². The Labute approximate surface area is 230 Å². The third-order valence-corrected chi connectivity index (χ3v) is 7.67. The van der Waals surface area contributed by atoms with Gasteiger partial charge in [0.25, 0.3) is 5.91 Å². The van der Waals surface area contributed by atoms with Crippen LogP contribution >= 0.6 is 11.3 Å². The van der Waals surface area contributed by atoms with Crippen LogP contribution in [0.4, 0.5) is 5.69 Å². The van der Waals surface area contributed by atoms with Crippen molar-refractivity contribution in [2.45, 2.75) is 26.3 Å². The highest BCUT2D eigenvalue weighted by Crippen LogP contribution is 2.43. The lowest BCUT2D eigenvalue weighted by Gasteiger charge is -2.27. The molecule has 0 radical (unpaired) electrons. The van der Waals surface area contributed by atoms with Crippen molar-refractivity contribution in [2.75, 3.05) is 11.5 Å². The predicted molar refractivity (Wildman–Crippen MR) is 150 cm³/mol. The number of nitrogens with zero attached hydrogens (tertiary/aromatic N) is 2. The molecule has 4 aromatic rings. The highest BCUT2D eigenvalue weighted by Gasteiger charge is 2.45. The average Bonchev–Trinajstić information content (AvgIpc) is 3.47. The molecule has 0 aliphatic carbocycles. The Morgan fingerprint density at radius 2 is 1.62 bits per heavy atom. The van der Waals surface area contributed by atoms with Crippen LogP contribution in [-0.4, -0.2) is 34.4 Å². The number of ether oxygens (including phenoxy) is 1. The van der Waals surface area contributed by atoms with E-state index in [9.17, 15) is 19.5 Å². The Morgan fingerprint density at radius 1 is 0.974 bits per heavy atom. The number of aryl methyl sites for hydroxylation is 1. The molecule has 0 spiro atoms. The quantitative estimate of drug-likeness (QED) is 0.218. The fourth-order valence-electron chi connectivity index (χ4n) is 4.64. The summed E-state index contributed by atoms with van der Waals surface area (Å²) in [4.78, 5) is 45.7. The lowest BCUT2D eigenvalue weighted by atomic mass is 9.95. The van der Waals surface area contributed by atoms with Gasteiger partial charge in [0.1, 0.15) is 5.01 Å². The van der Waals surface area contributed by atoms with Gasteiger partial charge < -0.3 is 9.84 Å². The first-order valence-electron chi connectivity index (χ1n) is 12.5. The summed E-state index contributed by atoms with van der Waals surface area (Å²) < 4.78 is 5.02. The number of hydrogen-bond acceptors (Lipinski definition) is 7. The Hall–Kier alpha value is -4.56. The lowest BCUT2D eigenvalue weighted by Crippen LogP contribution is -2.31. The largest absolute Gasteiger partial charge is 0.503 e. The van der Waals surface area contributed by atoms with Crippen LogP contribution < -0.4 is 4.90 Å². The third-order valence-electron chi connectivity index (χ3n) is 6.46. The van der Waals surface area contributed by atoms with Crippen molar-refractivity contribution in [3.8, 4) is 10.6 Å². The fourth-order valence-corrected chi connectivity index (χ4v) is 5.67. The number of amides is 1. The second-order valence-electron chi connectivity index (χ2n) is 9.03. The summed E-state index contributed by atoms with van der Waals surface area (Å²) >= 11 is 1.24. The molecular formula is C31H26N2O5S. The number of carbonyl (C=O) groups is 3. The number of aromatic nitrogens is 1. The van der Waals surface area contributed by atoms with Gasteiger partial charge >= 0.3 is 5.97 Å². The molecule has 0 saturated heterocycles. The molecule has 196 valence electrons. The van der Waals surface area contributed by atoms with Gasteiger partial charge in [0.05, 0.1) is 35.2 Å². The van der Waals surface area contributed by atoms with Crippen molar-refractivity contribution < 1.29 is 24.2 Å². The molecule has 39 heavy (non-hydrogen) atoms. The minimum Gasteiger partial charge on any atom is -0.503 e. The Kier molecular flexibility index (Phi) is 7.38. The van der Waals surface area contributed by atoms with Crippen LogP contribution in [0.3, 0.4) is 0 Å². The van der Waals surface area contributed by atoms with Crippen LogP contribution in [0.25, 0.3) is 10.6 Å². The first kappa shape index (κ1) is 26.1. The maximum absolute atomic E-state index is 14.0. The monoisotopic (exact) mass is 538 g/mol. The van der Waals surface area contributed by atoms with E-state index in [0.717, 1.165) is 11.1 Å². The topological polar surface area (TPSA) is 96.8 Å². The molecule has 0 fully saturated rings.